The summed E-state index contributed by atoms with van der Waals surface area (Å²) in [7, 11) is 0. The molecule has 3 rings (SSSR count). The zero-order valence-electron chi connectivity index (χ0n) is 18.3. The van der Waals surface area contributed by atoms with Gasteiger partial charge in [0.1, 0.15) is 12.4 Å². The summed E-state index contributed by atoms with van der Waals surface area (Å²) in [6.07, 6.45) is 1.80. The van der Waals surface area contributed by atoms with Crippen molar-refractivity contribution in [2.45, 2.75) is 52.4 Å². The first-order valence-electron chi connectivity index (χ1n) is 10.9. The summed E-state index contributed by atoms with van der Waals surface area (Å²) in [4.78, 5) is 0. The minimum absolute atomic E-state index is 0.0871. The molecule has 0 radical (unpaired) electrons. The molecule has 0 aliphatic heterocycles. The van der Waals surface area contributed by atoms with E-state index in [0.29, 0.717) is 12.5 Å². The summed E-state index contributed by atoms with van der Waals surface area (Å²) in [5.74, 6) is 1.16. The lowest BCUT2D eigenvalue weighted by Crippen LogP contribution is -2.01. The molecule has 0 bridgehead atoms. The Morgan fingerprint density at radius 3 is 2.35 bits per heavy atom. The number of aliphatic hydroxyl groups is 3. The third-order valence-electron chi connectivity index (χ3n) is 5.85. The van der Waals surface area contributed by atoms with Crippen molar-refractivity contribution in [1.82, 2.24) is 0 Å². The minimum Gasteiger partial charge on any atom is -0.489 e. The van der Waals surface area contributed by atoms with Gasteiger partial charge in [0.05, 0.1) is 13.2 Å². The number of ether oxygens (including phenoxy) is 1. The van der Waals surface area contributed by atoms with Gasteiger partial charge in [0.2, 0.25) is 0 Å². The Kier molecular flexibility index (Phi) is 8.24. The lowest BCUT2D eigenvalue weighted by molar-refractivity contribution is 0.259. The first-order valence-corrected chi connectivity index (χ1v) is 10.9. The Morgan fingerprint density at radius 1 is 0.871 bits per heavy atom. The number of aliphatic hydroxyl groups excluding tert-OH is 3. The fraction of sp³-hybridized carbons (Fsp3) is 0.333. The number of benzene rings is 3. The first kappa shape index (κ1) is 23.0. The van der Waals surface area contributed by atoms with Crippen LogP contribution in [-0.2, 0) is 19.8 Å². The lowest BCUT2D eigenvalue weighted by Gasteiger charge is -2.17. The normalized spacial score (nSPS) is 12.0. The topological polar surface area (TPSA) is 69.9 Å². The molecule has 3 N–H and O–H groups in total. The van der Waals surface area contributed by atoms with Crippen molar-refractivity contribution in [2.24, 2.45) is 0 Å². The highest BCUT2D eigenvalue weighted by atomic mass is 16.5. The average molecular weight is 421 g/mol. The zero-order valence-corrected chi connectivity index (χ0v) is 18.3. The van der Waals surface area contributed by atoms with Crippen LogP contribution in [0.5, 0.6) is 5.75 Å². The van der Waals surface area contributed by atoms with Crippen LogP contribution in [0.25, 0.3) is 11.1 Å². The largest absolute Gasteiger partial charge is 0.489 e. The molecular weight excluding hydrogens is 388 g/mol. The molecule has 0 heterocycles. The maximum absolute atomic E-state index is 9.48. The van der Waals surface area contributed by atoms with E-state index in [4.69, 9.17) is 4.74 Å². The Balaban J connectivity index is 1.76. The molecule has 3 aromatic rings. The molecule has 164 valence electrons. The predicted octanol–water partition coefficient (Wildman–Crippen LogP) is 5.10. The summed E-state index contributed by atoms with van der Waals surface area (Å²) in [6.45, 7) is 4.69. The van der Waals surface area contributed by atoms with Crippen molar-refractivity contribution in [3.8, 4) is 16.9 Å². The van der Waals surface area contributed by atoms with Crippen molar-refractivity contribution in [3.63, 3.8) is 0 Å². The Morgan fingerprint density at radius 2 is 1.68 bits per heavy atom. The van der Waals surface area contributed by atoms with Gasteiger partial charge < -0.3 is 20.1 Å². The molecule has 4 heteroatoms. The van der Waals surface area contributed by atoms with Crippen molar-refractivity contribution in [3.05, 3.63) is 88.5 Å². The van der Waals surface area contributed by atoms with E-state index in [9.17, 15) is 15.3 Å². The Hall–Kier alpha value is -2.66. The van der Waals surface area contributed by atoms with Crippen LogP contribution in [0.3, 0.4) is 0 Å². The van der Waals surface area contributed by atoms with Gasteiger partial charge in [-0.2, -0.15) is 0 Å². The van der Waals surface area contributed by atoms with Gasteiger partial charge in [-0.05, 0) is 82.8 Å². The Labute approximate surface area is 184 Å². The van der Waals surface area contributed by atoms with E-state index < -0.39 is 0 Å². The van der Waals surface area contributed by atoms with E-state index in [1.54, 1.807) is 0 Å². The number of hydrogen-bond donors (Lipinski definition) is 3. The van der Waals surface area contributed by atoms with Gasteiger partial charge in [0.25, 0.3) is 0 Å². The molecule has 0 spiro atoms. The van der Waals surface area contributed by atoms with Gasteiger partial charge in [-0.25, -0.2) is 0 Å². The van der Waals surface area contributed by atoms with Crippen LogP contribution >= 0.6 is 0 Å². The molecule has 1 unspecified atom stereocenters. The van der Waals surface area contributed by atoms with Gasteiger partial charge >= 0.3 is 0 Å². The minimum atomic E-state index is -0.105. The number of rotatable bonds is 10. The van der Waals surface area contributed by atoms with E-state index in [-0.39, 0.29) is 19.8 Å². The Bertz CT molecular complexity index is 996. The van der Waals surface area contributed by atoms with Crippen LogP contribution in [0, 0.1) is 6.92 Å². The first-order chi connectivity index (χ1) is 15.1. The van der Waals surface area contributed by atoms with Crippen LogP contribution in [0.15, 0.2) is 60.7 Å². The molecule has 1 atom stereocenters. The summed E-state index contributed by atoms with van der Waals surface area (Å²) in [5.41, 5.74) is 7.15. The fourth-order valence-corrected chi connectivity index (χ4v) is 4.02. The molecule has 0 aliphatic rings. The van der Waals surface area contributed by atoms with Crippen LogP contribution in [-0.4, -0.2) is 21.9 Å². The molecule has 0 saturated heterocycles. The molecule has 0 amide bonds. The van der Waals surface area contributed by atoms with E-state index in [2.05, 4.69) is 38.1 Å². The van der Waals surface area contributed by atoms with Gasteiger partial charge in [-0.1, -0.05) is 49.4 Å². The number of hydrogen-bond acceptors (Lipinski definition) is 4. The molecule has 4 nitrogen and oxygen atoms in total. The zero-order chi connectivity index (χ0) is 22.2. The van der Waals surface area contributed by atoms with E-state index in [0.717, 1.165) is 40.8 Å². The van der Waals surface area contributed by atoms with Crippen LogP contribution in [0.1, 0.15) is 53.5 Å². The highest BCUT2D eigenvalue weighted by Gasteiger charge is 2.11. The lowest BCUT2D eigenvalue weighted by atomic mass is 9.89. The van der Waals surface area contributed by atoms with Gasteiger partial charge in [-0.15, -0.1) is 0 Å². The van der Waals surface area contributed by atoms with E-state index >= 15 is 0 Å². The van der Waals surface area contributed by atoms with Crippen molar-refractivity contribution >= 4 is 0 Å². The molecule has 0 saturated carbocycles. The maximum Gasteiger partial charge on any atom is 0.120 e. The second-order valence-electron chi connectivity index (χ2n) is 7.93. The third kappa shape index (κ3) is 5.73. The van der Waals surface area contributed by atoms with Crippen molar-refractivity contribution in [2.75, 3.05) is 6.61 Å². The fourth-order valence-electron chi connectivity index (χ4n) is 4.02. The second-order valence-corrected chi connectivity index (χ2v) is 7.93. The molecule has 0 aliphatic carbocycles. The predicted molar refractivity (Wildman–Crippen MR) is 124 cm³/mol. The highest BCUT2D eigenvalue weighted by molar-refractivity contribution is 5.69. The number of aryl methyl sites for hydroxylation is 1. The summed E-state index contributed by atoms with van der Waals surface area (Å²) >= 11 is 0. The summed E-state index contributed by atoms with van der Waals surface area (Å²) in [6, 6.07) is 20.2. The third-order valence-corrected chi connectivity index (χ3v) is 5.85. The maximum atomic E-state index is 9.48. The molecule has 31 heavy (non-hydrogen) atoms. The van der Waals surface area contributed by atoms with Gasteiger partial charge in [-0.3, -0.25) is 0 Å². The molecular formula is C27H32O4. The van der Waals surface area contributed by atoms with E-state index in [1.807, 2.05) is 36.4 Å². The summed E-state index contributed by atoms with van der Waals surface area (Å²) < 4.78 is 6.01. The smallest absolute Gasteiger partial charge is 0.120 e. The van der Waals surface area contributed by atoms with Crippen LogP contribution in [0.4, 0.5) is 0 Å². The highest BCUT2D eigenvalue weighted by Crippen LogP contribution is 2.31. The molecule has 3 aromatic carbocycles. The van der Waals surface area contributed by atoms with Crippen molar-refractivity contribution in [1.29, 1.82) is 0 Å². The van der Waals surface area contributed by atoms with Gasteiger partial charge in [0, 0.05) is 6.61 Å². The van der Waals surface area contributed by atoms with Crippen LogP contribution in [0.2, 0.25) is 0 Å². The molecule has 0 fully saturated rings. The monoisotopic (exact) mass is 420 g/mol. The second kappa shape index (κ2) is 11.1. The van der Waals surface area contributed by atoms with Crippen LogP contribution < -0.4 is 4.74 Å². The molecule has 0 aromatic heterocycles. The summed E-state index contributed by atoms with van der Waals surface area (Å²) in [5, 5.41) is 28.1. The van der Waals surface area contributed by atoms with E-state index in [1.165, 1.54) is 16.7 Å². The standard InChI is InChI=1S/C27H32O4/c1-3-21(11-12-28)22-9-10-27(19(2)13-22)23-5-4-6-26(15-23)31-18-20-7-8-24(16-29)25(14-20)17-30/h4-10,13-15,21,28-30H,3,11-12,16-18H2,1-2H3. The van der Waals surface area contributed by atoms with Crippen molar-refractivity contribution < 1.29 is 20.1 Å². The average Bonchev–Trinajstić information content (AvgIpc) is 2.81. The SMILES string of the molecule is CCC(CCO)c1ccc(-c2cccc(OCc3ccc(CO)c(CO)c3)c2)c(C)c1. The quantitative estimate of drug-likeness (QED) is 0.427. The van der Waals surface area contributed by atoms with Gasteiger partial charge in [0.15, 0.2) is 0 Å².